The van der Waals surface area contributed by atoms with Gasteiger partial charge < -0.3 is 11.1 Å². The van der Waals surface area contributed by atoms with Gasteiger partial charge in [-0.1, -0.05) is 17.7 Å². The number of nitrogens with two attached hydrogens (primary N) is 1. The summed E-state index contributed by atoms with van der Waals surface area (Å²) in [5.74, 6) is 1.33. The van der Waals surface area contributed by atoms with Crippen LogP contribution in [0, 0.1) is 6.92 Å². The number of aryl methyl sites for hydroxylation is 1. The number of hydrogen-bond donors (Lipinski definition) is 2. The molecule has 0 aliphatic heterocycles. The Morgan fingerprint density at radius 2 is 1.95 bits per heavy atom. The Labute approximate surface area is 111 Å². The molecule has 0 fully saturated rings. The van der Waals surface area contributed by atoms with Crippen LogP contribution in [0.5, 0.6) is 0 Å². The fourth-order valence-corrected chi connectivity index (χ4v) is 2.00. The van der Waals surface area contributed by atoms with Crippen molar-refractivity contribution >= 4 is 28.1 Å². The molecule has 19 heavy (non-hydrogen) atoms. The van der Waals surface area contributed by atoms with E-state index < -0.39 is 0 Å². The third-order valence-electron chi connectivity index (χ3n) is 2.97. The highest BCUT2D eigenvalue weighted by Gasteiger charge is 2.03. The van der Waals surface area contributed by atoms with E-state index in [2.05, 4.69) is 40.4 Å². The standard InChI is InChI=1S/C15H14N4/c1-10-2-3-11-6-7-17-15(13(11)8-10)19-12-4-5-14(16)18-9-12/h2-9H,1H3,(H2,16,18)(H,17,19). The van der Waals surface area contributed by atoms with Gasteiger partial charge in [0, 0.05) is 11.6 Å². The number of fused-ring (bicyclic) bond motifs is 1. The van der Waals surface area contributed by atoms with Gasteiger partial charge in [-0.25, -0.2) is 9.97 Å². The second-order valence-corrected chi connectivity index (χ2v) is 4.48. The van der Waals surface area contributed by atoms with Crippen LogP contribution in [0.1, 0.15) is 5.56 Å². The molecule has 0 amide bonds. The molecule has 0 saturated carbocycles. The first-order valence-electron chi connectivity index (χ1n) is 6.06. The van der Waals surface area contributed by atoms with E-state index in [1.807, 2.05) is 12.1 Å². The van der Waals surface area contributed by atoms with Crippen molar-refractivity contribution in [3.8, 4) is 0 Å². The molecular weight excluding hydrogens is 236 g/mol. The second kappa shape index (κ2) is 4.57. The SMILES string of the molecule is Cc1ccc2ccnc(Nc3ccc(N)nc3)c2c1. The summed E-state index contributed by atoms with van der Waals surface area (Å²) in [4.78, 5) is 8.46. The average molecular weight is 250 g/mol. The number of nitrogens with zero attached hydrogens (tertiary/aromatic N) is 2. The van der Waals surface area contributed by atoms with E-state index in [9.17, 15) is 0 Å². The number of aromatic nitrogens is 2. The Hall–Kier alpha value is -2.62. The van der Waals surface area contributed by atoms with Crippen LogP contribution in [0.2, 0.25) is 0 Å². The lowest BCUT2D eigenvalue weighted by Crippen LogP contribution is -1.96. The molecule has 2 heterocycles. The van der Waals surface area contributed by atoms with Crippen LogP contribution in [0.15, 0.2) is 48.8 Å². The zero-order valence-corrected chi connectivity index (χ0v) is 10.6. The van der Waals surface area contributed by atoms with Gasteiger partial charge in [0.25, 0.3) is 0 Å². The molecule has 0 unspecified atom stereocenters. The van der Waals surface area contributed by atoms with Gasteiger partial charge >= 0.3 is 0 Å². The van der Waals surface area contributed by atoms with Crippen LogP contribution in [-0.4, -0.2) is 9.97 Å². The Kier molecular flexibility index (Phi) is 2.76. The van der Waals surface area contributed by atoms with Crippen LogP contribution >= 0.6 is 0 Å². The molecule has 1 aromatic carbocycles. The van der Waals surface area contributed by atoms with Crippen LogP contribution in [-0.2, 0) is 0 Å². The zero-order valence-electron chi connectivity index (χ0n) is 10.6. The molecule has 0 radical (unpaired) electrons. The number of nitrogens with one attached hydrogen (secondary N) is 1. The first-order chi connectivity index (χ1) is 9.22. The quantitative estimate of drug-likeness (QED) is 0.732. The van der Waals surface area contributed by atoms with Crippen LogP contribution in [0.3, 0.4) is 0 Å². The predicted octanol–water partition coefficient (Wildman–Crippen LogP) is 3.26. The summed E-state index contributed by atoms with van der Waals surface area (Å²) in [6, 6.07) is 12.0. The highest BCUT2D eigenvalue weighted by molar-refractivity contribution is 5.93. The summed E-state index contributed by atoms with van der Waals surface area (Å²) < 4.78 is 0. The Morgan fingerprint density at radius 3 is 2.74 bits per heavy atom. The van der Waals surface area contributed by atoms with Gasteiger partial charge in [-0.15, -0.1) is 0 Å². The molecule has 0 aliphatic rings. The van der Waals surface area contributed by atoms with E-state index in [1.165, 1.54) is 5.56 Å². The predicted molar refractivity (Wildman–Crippen MR) is 78.4 cm³/mol. The first-order valence-corrected chi connectivity index (χ1v) is 6.06. The topological polar surface area (TPSA) is 63.8 Å². The van der Waals surface area contributed by atoms with Gasteiger partial charge in [-0.3, -0.25) is 0 Å². The minimum atomic E-state index is 0.507. The summed E-state index contributed by atoms with van der Waals surface area (Å²) in [6.07, 6.45) is 3.50. The molecule has 0 aliphatic carbocycles. The largest absolute Gasteiger partial charge is 0.384 e. The monoisotopic (exact) mass is 250 g/mol. The highest BCUT2D eigenvalue weighted by atomic mass is 15.0. The third kappa shape index (κ3) is 2.33. The molecule has 4 nitrogen and oxygen atoms in total. The summed E-state index contributed by atoms with van der Waals surface area (Å²) in [6.45, 7) is 2.07. The fraction of sp³-hybridized carbons (Fsp3) is 0.0667. The minimum Gasteiger partial charge on any atom is -0.384 e. The van der Waals surface area contributed by atoms with Gasteiger partial charge in [0.05, 0.1) is 11.9 Å². The molecule has 94 valence electrons. The first kappa shape index (κ1) is 11.5. The zero-order chi connectivity index (χ0) is 13.2. The molecule has 2 aromatic heterocycles. The molecule has 3 rings (SSSR count). The van der Waals surface area contributed by atoms with Gasteiger partial charge in [0.1, 0.15) is 11.6 Å². The third-order valence-corrected chi connectivity index (χ3v) is 2.97. The van der Waals surface area contributed by atoms with E-state index in [-0.39, 0.29) is 0 Å². The number of anilines is 3. The Bertz CT molecular complexity index is 720. The summed E-state index contributed by atoms with van der Waals surface area (Å²) >= 11 is 0. The summed E-state index contributed by atoms with van der Waals surface area (Å²) in [7, 11) is 0. The average Bonchev–Trinajstić information content (AvgIpc) is 2.42. The van der Waals surface area contributed by atoms with Crippen LogP contribution in [0.4, 0.5) is 17.3 Å². The molecule has 0 spiro atoms. The Morgan fingerprint density at radius 1 is 1.05 bits per heavy atom. The van der Waals surface area contributed by atoms with Crippen molar-refractivity contribution in [1.29, 1.82) is 0 Å². The molecule has 3 N–H and O–H groups in total. The van der Waals surface area contributed by atoms with Crippen molar-refractivity contribution in [1.82, 2.24) is 9.97 Å². The van der Waals surface area contributed by atoms with Gasteiger partial charge in [0.15, 0.2) is 0 Å². The van der Waals surface area contributed by atoms with Crippen molar-refractivity contribution < 1.29 is 0 Å². The van der Waals surface area contributed by atoms with E-state index in [0.717, 1.165) is 22.3 Å². The minimum absolute atomic E-state index is 0.507. The van der Waals surface area contributed by atoms with Gasteiger partial charge in [-0.05, 0) is 36.6 Å². The second-order valence-electron chi connectivity index (χ2n) is 4.48. The number of benzene rings is 1. The smallest absolute Gasteiger partial charge is 0.138 e. The number of pyridine rings is 2. The van der Waals surface area contributed by atoms with Crippen molar-refractivity contribution in [3.05, 3.63) is 54.4 Å². The van der Waals surface area contributed by atoms with E-state index in [0.29, 0.717) is 5.82 Å². The summed E-state index contributed by atoms with van der Waals surface area (Å²) in [5.41, 5.74) is 7.65. The maximum absolute atomic E-state index is 5.58. The number of hydrogen-bond acceptors (Lipinski definition) is 4. The number of rotatable bonds is 2. The molecule has 0 bridgehead atoms. The molecular formula is C15H14N4. The van der Waals surface area contributed by atoms with Crippen LogP contribution in [0.25, 0.3) is 10.8 Å². The highest BCUT2D eigenvalue weighted by Crippen LogP contribution is 2.25. The molecule has 3 aromatic rings. The van der Waals surface area contributed by atoms with Crippen molar-refractivity contribution in [2.45, 2.75) is 6.92 Å². The maximum atomic E-state index is 5.58. The number of nitrogen functional groups attached to an aromatic ring is 1. The molecule has 0 saturated heterocycles. The van der Waals surface area contributed by atoms with Crippen molar-refractivity contribution in [2.24, 2.45) is 0 Å². The Balaban J connectivity index is 2.05. The normalized spacial score (nSPS) is 10.6. The van der Waals surface area contributed by atoms with Gasteiger partial charge in [0.2, 0.25) is 0 Å². The molecule has 4 heteroatoms. The molecule has 0 atom stereocenters. The summed E-state index contributed by atoms with van der Waals surface area (Å²) in [5, 5.41) is 5.53. The lowest BCUT2D eigenvalue weighted by atomic mass is 10.1. The van der Waals surface area contributed by atoms with Crippen molar-refractivity contribution in [2.75, 3.05) is 11.1 Å². The van der Waals surface area contributed by atoms with Crippen molar-refractivity contribution in [3.63, 3.8) is 0 Å². The lowest BCUT2D eigenvalue weighted by Gasteiger charge is -2.09. The fourth-order valence-electron chi connectivity index (χ4n) is 2.00. The van der Waals surface area contributed by atoms with Gasteiger partial charge in [-0.2, -0.15) is 0 Å². The maximum Gasteiger partial charge on any atom is 0.138 e. The van der Waals surface area contributed by atoms with E-state index in [1.54, 1.807) is 18.5 Å². The van der Waals surface area contributed by atoms with E-state index >= 15 is 0 Å². The van der Waals surface area contributed by atoms with Crippen LogP contribution < -0.4 is 11.1 Å². The lowest BCUT2D eigenvalue weighted by molar-refractivity contribution is 1.30. The van der Waals surface area contributed by atoms with E-state index in [4.69, 9.17) is 5.73 Å².